The van der Waals surface area contributed by atoms with E-state index in [0.29, 0.717) is 5.75 Å². The summed E-state index contributed by atoms with van der Waals surface area (Å²) in [6.07, 6.45) is 0.152. The Labute approximate surface area is 90.9 Å². The Morgan fingerprint density at radius 3 is 2.33 bits per heavy atom. The SMILES string of the molecule is COCP(=O)(Oc1ccccc1)C(C)C. The Bertz CT molecular complexity index is 335. The molecule has 0 spiro atoms. The summed E-state index contributed by atoms with van der Waals surface area (Å²) in [6.45, 7) is 3.76. The summed E-state index contributed by atoms with van der Waals surface area (Å²) < 4.78 is 22.8. The second-order valence-corrected chi connectivity index (χ2v) is 6.57. The zero-order valence-electron chi connectivity index (χ0n) is 9.34. The molecule has 0 aliphatic carbocycles. The number of methoxy groups -OCH3 is 1. The number of hydrogen-bond donors (Lipinski definition) is 0. The van der Waals surface area contributed by atoms with Crippen molar-refractivity contribution in [2.75, 3.05) is 13.5 Å². The number of ether oxygens (including phenoxy) is 1. The standard InChI is InChI=1S/C11H17O3P/c1-10(2)15(12,9-13-3)14-11-7-5-4-6-8-11/h4-8,10H,9H2,1-3H3. The minimum absolute atomic E-state index is 0.0438. The van der Waals surface area contributed by atoms with Crippen molar-refractivity contribution in [1.29, 1.82) is 0 Å². The molecule has 0 aliphatic heterocycles. The topological polar surface area (TPSA) is 35.5 Å². The molecule has 1 aromatic rings. The summed E-state index contributed by atoms with van der Waals surface area (Å²) in [5.74, 6) is 0.631. The van der Waals surface area contributed by atoms with E-state index < -0.39 is 7.37 Å². The van der Waals surface area contributed by atoms with Gasteiger partial charge >= 0.3 is 0 Å². The molecule has 0 aliphatic rings. The number of hydrogen-bond acceptors (Lipinski definition) is 3. The van der Waals surface area contributed by atoms with Gasteiger partial charge in [0.25, 0.3) is 7.37 Å². The molecule has 0 radical (unpaired) electrons. The molecule has 0 N–H and O–H groups in total. The predicted molar refractivity (Wildman–Crippen MR) is 61.7 cm³/mol. The van der Waals surface area contributed by atoms with Crippen LogP contribution in [-0.2, 0) is 9.30 Å². The van der Waals surface area contributed by atoms with E-state index in [1.165, 1.54) is 7.11 Å². The first kappa shape index (κ1) is 12.3. The van der Waals surface area contributed by atoms with Crippen molar-refractivity contribution in [2.45, 2.75) is 19.5 Å². The quantitative estimate of drug-likeness (QED) is 0.725. The highest BCUT2D eigenvalue weighted by atomic mass is 31.2. The Morgan fingerprint density at radius 2 is 1.87 bits per heavy atom. The molecule has 1 unspecified atom stereocenters. The van der Waals surface area contributed by atoms with Gasteiger partial charge in [-0.1, -0.05) is 32.0 Å². The maximum atomic E-state index is 12.3. The van der Waals surface area contributed by atoms with Crippen molar-refractivity contribution in [2.24, 2.45) is 0 Å². The average molecular weight is 228 g/mol. The summed E-state index contributed by atoms with van der Waals surface area (Å²) in [5.41, 5.74) is -0.0438. The van der Waals surface area contributed by atoms with Crippen molar-refractivity contribution in [3.8, 4) is 5.75 Å². The molecule has 3 nitrogen and oxygen atoms in total. The summed E-state index contributed by atoms with van der Waals surface area (Å²) in [6, 6.07) is 9.19. The summed E-state index contributed by atoms with van der Waals surface area (Å²) >= 11 is 0. The van der Waals surface area contributed by atoms with Crippen molar-refractivity contribution < 1.29 is 13.8 Å². The van der Waals surface area contributed by atoms with E-state index in [0.717, 1.165) is 0 Å². The molecule has 1 rings (SSSR count). The van der Waals surface area contributed by atoms with Gasteiger partial charge in [-0.15, -0.1) is 0 Å². The van der Waals surface area contributed by atoms with Crippen LogP contribution in [0.3, 0.4) is 0 Å². The maximum Gasteiger partial charge on any atom is 0.275 e. The fourth-order valence-electron chi connectivity index (χ4n) is 1.12. The minimum atomic E-state index is -2.74. The lowest BCUT2D eigenvalue weighted by Gasteiger charge is -2.22. The van der Waals surface area contributed by atoms with Gasteiger partial charge in [-0.3, -0.25) is 4.57 Å². The van der Waals surface area contributed by atoms with Crippen LogP contribution in [0.15, 0.2) is 30.3 Å². The molecule has 0 fully saturated rings. The Morgan fingerprint density at radius 1 is 1.27 bits per heavy atom. The molecule has 1 aromatic carbocycles. The lowest BCUT2D eigenvalue weighted by molar-refractivity contribution is 0.237. The van der Waals surface area contributed by atoms with Crippen LogP contribution < -0.4 is 4.52 Å². The van der Waals surface area contributed by atoms with E-state index in [1.54, 1.807) is 12.1 Å². The maximum absolute atomic E-state index is 12.3. The highest BCUT2D eigenvalue weighted by Crippen LogP contribution is 2.51. The van der Waals surface area contributed by atoms with E-state index in [1.807, 2.05) is 32.0 Å². The highest BCUT2D eigenvalue weighted by molar-refractivity contribution is 7.59. The Balaban J connectivity index is 2.81. The van der Waals surface area contributed by atoms with Crippen molar-refractivity contribution in [1.82, 2.24) is 0 Å². The van der Waals surface area contributed by atoms with E-state index in [9.17, 15) is 4.57 Å². The molecule has 0 bridgehead atoms. The van der Waals surface area contributed by atoms with Gasteiger partial charge in [0.05, 0.1) is 0 Å². The molecular weight excluding hydrogens is 211 g/mol. The zero-order valence-corrected chi connectivity index (χ0v) is 10.2. The summed E-state index contributed by atoms with van der Waals surface area (Å²) in [7, 11) is -1.20. The third-order valence-electron chi connectivity index (χ3n) is 2.10. The molecule has 1 atom stereocenters. The smallest absolute Gasteiger partial charge is 0.275 e. The minimum Gasteiger partial charge on any atom is -0.441 e. The third kappa shape index (κ3) is 3.37. The van der Waals surface area contributed by atoms with Gasteiger partial charge in [-0.05, 0) is 12.1 Å². The third-order valence-corrected chi connectivity index (χ3v) is 4.81. The van der Waals surface area contributed by atoms with E-state index in [-0.39, 0.29) is 12.0 Å². The lowest BCUT2D eigenvalue weighted by atomic mass is 10.3. The molecule has 0 saturated heterocycles. The van der Waals surface area contributed by atoms with Gasteiger partial charge in [-0.25, -0.2) is 0 Å². The largest absolute Gasteiger partial charge is 0.441 e. The van der Waals surface area contributed by atoms with Gasteiger partial charge in [0.15, 0.2) is 0 Å². The molecule has 0 heterocycles. The molecule has 84 valence electrons. The summed E-state index contributed by atoms with van der Waals surface area (Å²) in [4.78, 5) is 0. The van der Waals surface area contributed by atoms with E-state index in [4.69, 9.17) is 9.26 Å². The number of benzene rings is 1. The second-order valence-electron chi connectivity index (χ2n) is 3.64. The summed E-state index contributed by atoms with van der Waals surface area (Å²) in [5, 5.41) is 0. The molecule has 15 heavy (non-hydrogen) atoms. The van der Waals surface area contributed by atoms with E-state index in [2.05, 4.69) is 0 Å². The van der Waals surface area contributed by atoms with Crippen LogP contribution in [0.4, 0.5) is 0 Å². The number of para-hydroxylation sites is 1. The molecule has 0 amide bonds. The van der Waals surface area contributed by atoms with Crippen LogP contribution in [0.5, 0.6) is 5.75 Å². The second kappa shape index (κ2) is 5.34. The molecule has 4 heteroatoms. The first-order chi connectivity index (χ1) is 7.08. The molecule has 0 saturated carbocycles. The van der Waals surface area contributed by atoms with Crippen LogP contribution in [0.25, 0.3) is 0 Å². The lowest BCUT2D eigenvalue weighted by Crippen LogP contribution is -2.09. The average Bonchev–Trinajstić information content (AvgIpc) is 2.19. The van der Waals surface area contributed by atoms with Gasteiger partial charge < -0.3 is 9.26 Å². The van der Waals surface area contributed by atoms with Crippen LogP contribution in [-0.4, -0.2) is 19.1 Å². The normalized spacial score (nSPS) is 14.9. The van der Waals surface area contributed by atoms with Crippen molar-refractivity contribution in [3.63, 3.8) is 0 Å². The van der Waals surface area contributed by atoms with Crippen molar-refractivity contribution in [3.05, 3.63) is 30.3 Å². The fourth-order valence-corrected chi connectivity index (χ4v) is 2.52. The zero-order chi connectivity index (χ0) is 11.3. The van der Waals surface area contributed by atoms with Gasteiger partial charge in [0, 0.05) is 12.8 Å². The first-order valence-electron chi connectivity index (χ1n) is 4.91. The van der Waals surface area contributed by atoms with Crippen LogP contribution in [0.1, 0.15) is 13.8 Å². The fraction of sp³-hybridized carbons (Fsp3) is 0.455. The van der Waals surface area contributed by atoms with Crippen LogP contribution >= 0.6 is 7.37 Å². The van der Waals surface area contributed by atoms with Gasteiger partial charge in [-0.2, -0.15) is 0 Å². The Kier molecular flexibility index (Phi) is 4.37. The van der Waals surface area contributed by atoms with Crippen LogP contribution in [0.2, 0.25) is 0 Å². The van der Waals surface area contributed by atoms with Crippen LogP contribution in [0, 0.1) is 0 Å². The predicted octanol–water partition coefficient (Wildman–Crippen LogP) is 3.36. The monoisotopic (exact) mass is 228 g/mol. The number of rotatable bonds is 5. The highest BCUT2D eigenvalue weighted by Gasteiger charge is 2.28. The Hall–Kier alpha value is -0.790. The molecule has 0 aromatic heterocycles. The van der Waals surface area contributed by atoms with Gasteiger partial charge in [0.2, 0.25) is 0 Å². The van der Waals surface area contributed by atoms with Crippen molar-refractivity contribution >= 4 is 7.37 Å². The first-order valence-corrected chi connectivity index (χ1v) is 6.79. The molecular formula is C11H17O3P. The van der Waals surface area contributed by atoms with Gasteiger partial charge in [0.1, 0.15) is 12.1 Å². The van der Waals surface area contributed by atoms with E-state index >= 15 is 0 Å².